The average molecular weight is 308 g/mol. The van der Waals surface area contributed by atoms with Gasteiger partial charge in [0.05, 0.1) is 0 Å². The summed E-state index contributed by atoms with van der Waals surface area (Å²) in [5.74, 6) is 0.232. The van der Waals surface area contributed by atoms with Gasteiger partial charge in [0, 0.05) is 11.8 Å². The zero-order valence-corrected chi connectivity index (χ0v) is 11.7. The molecule has 1 aromatic carbocycles. The van der Waals surface area contributed by atoms with E-state index in [0.717, 1.165) is 11.6 Å². The molecule has 7 heteroatoms. The molecule has 3 aromatic rings. The number of aromatic amines is 1. The standard InChI is InChI=1S/C13H9FN2O2S2/c14-8-3-1-2-7(4-8)6-19-13-16-12-11(20-13)9(17)5-10(18)15-12/h1-5H,6H2,(H2,15,17,18). The highest BCUT2D eigenvalue weighted by molar-refractivity contribution is 8.00. The van der Waals surface area contributed by atoms with Gasteiger partial charge in [-0.3, -0.25) is 4.79 Å². The van der Waals surface area contributed by atoms with Crippen LogP contribution in [0.15, 0.2) is 39.5 Å². The summed E-state index contributed by atoms with van der Waals surface area (Å²) in [5, 5.41) is 9.68. The summed E-state index contributed by atoms with van der Waals surface area (Å²) in [5.41, 5.74) is 0.843. The molecule has 0 atom stereocenters. The lowest BCUT2D eigenvalue weighted by Crippen LogP contribution is -2.02. The molecule has 2 aromatic heterocycles. The Morgan fingerprint density at radius 2 is 2.25 bits per heavy atom. The molecule has 2 N–H and O–H groups in total. The van der Waals surface area contributed by atoms with Crippen molar-refractivity contribution in [3.8, 4) is 5.75 Å². The fourth-order valence-electron chi connectivity index (χ4n) is 1.73. The smallest absolute Gasteiger partial charge is 0.253 e. The van der Waals surface area contributed by atoms with Gasteiger partial charge in [-0.05, 0) is 17.7 Å². The lowest BCUT2D eigenvalue weighted by Gasteiger charge is -1.98. The SMILES string of the molecule is O=c1cc(O)c2sc(SCc3cccc(F)c3)nc2[nH]1. The molecular weight excluding hydrogens is 299 g/mol. The maximum atomic E-state index is 13.1. The number of halogens is 1. The maximum absolute atomic E-state index is 13.1. The second-order valence-corrected chi connectivity index (χ2v) is 6.32. The van der Waals surface area contributed by atoms with Crippen LogP contribution in [0.3, 0.4) is 0 Å². The molecule has 102 valence electrons. The molecular formula is C13H9FN2O2S2. The highest BCUT2D eigenvalue weighted by Crippen LogP contribution is 2.34. The number of nitrogens with one attached hydrogen (secondary N) is 1. The minimum Gasteiger partial charge on any atom is -0.506 e. The molecule has 0 bridgehead atoms. The number of nitrogens with zero attached hydrogens (tertiary/aromatic N) is 1. The van der Waals surface area contributed by atoms with E-state index in [4.69, 9.17) is 0 Å². The molecule has 0 amide bonds. The minimum absolute atomic E-state index is 0.0705. The number of fused-ring (bicyclic) bond motifs is 1. The van der Waals surface area contributed by atoms with Gasteiger partial charge in [0.15, 0.2) is 9.99 Å². The zero-order chi connectivity index (χ0) is 14.1. The van der Waals surface area contributed by atoms with E-state index in [1.54, 1.807) is 6.07 Å². The van der Waals surface area contributed by atoms with E-state index in [2.05, 4.69) is 9.97 Å². The quantitative estimate of drug-likeness (QED) is 0.730. The van der Waals surface area contributed by atoms with Gasteiger partial charge < -0.3 is 10.1 Å². The predicted molar refractivity (Wildman–Crippen MR) is 77.9 cm³/mol. The number of H-pyrrole nitrogens is 1. The maximum Gasteiger partial charge on any atom is 0.253 e. The van der Waals surface area contributed by atoms with E-state index in [0.29, 0.717) is 20.4 Å². The second kappa shape index (κ2) is 5.26. The predicted octanol–water partition coefficient (Wildman–Crippen LogP) is 3.12. The zero-order valence-electron chi connectivity index (χ0n) is 10.1. The third kappa shape index (κ3) is 2.68. The van der Waals surface area contributed by atoms with Gasteiger partial charge in [-0.15, -0.1) is 11.3 Å². The number of thioether (sulfide) groups is 1. The normalized spacial score (nSPS) is 11.1. The molecule has 0 saturated heterocycles. The Morgan fingerprint density at radius 1 is 1.40 bits per heavy atom. The summed E-state index contributed by atoms with van der Waals surface area (Å²) in [7, 11) is 0. The lowest BCUT2D eigenvalue weighted by molar-refractivity contribution is 0.481. The van der Waals surface area contributed by atoms with Crippen LogP contribution in [-0.2, 0) is 5.75 Å². The van der Waals surface area contributed by atoms with Gasteiger partial charge in [0.25, 0.3) is 5.56 Å². The van der Waals surface area contributed by atoms with Crippen LogP contribution in [0.4, 0.5) is 4.39 Å². The first kappa shape index (κ1) is 13.1. The number of aromatic nitrogens is 2. The van der Waals surface area contributed by atoms with Gasteiger partial charge >= 0.3 is 0 Å². The van der Waals surface area contributed by atoms with E-state index in [9.17, 15) is 14.3 Å². The van der Waals surface area contributed by atoms with E-state index in [1.165, 1.54) is 35.2 Å². The van der Waals surface area contributed by atoms with Crippen LogP contribution >= 0.6 is 23.1 Å². The Bertz CT molecular complexity index is 829. The van der Waals surface area contributed by atoms with Crippen molar-refractivity contribution < 1.29 is 9.50 Å². The van der Waals surface area contributed by atoms with Gasteiger partial charge in [-0.2, -0.15) is 0 Å². The fraction of sp³-hybridized carbons (Fsp3) is 0.0769. The molecule has 2 heterocycles. The molecule has 0 aliphatic rings. The van der Waals surface area contributed by atoms with E-state index in [1.807, 2.05) is 6.07 Å². The van der Waals surface area contributed by atoms with Crippen molar-refractivity contribution in [3.63, 3.8) is 0 Å². The van der Waals surface area contributed by atoms with Gasteiger partial charge in [0.1, 0.15) is 16.3 Å². The van der Waals surface area contributed by atoms with E-state index >= 15 is 0 Å². The number of thiazole rings is 1. The Kier molecular flexibility index (Phi) is 3.45. The first-order chi connectivity index (χ1) is 9.61. The lowest BCUT2D eigenvalue weighted by atomic mass is 10.2. The van der Waals surface area contributed by atoms with Crippen molar-refractivity contribution in [1.29, 1.82) is 0 Å². The van der Waals surface area contributed by atoms with Crippen LogP contribution in [0, 0.1) is 5.82 Å². The molecule has 4 nitrogen and oxygen atoms in total. The summed E-state index contributed by atoms with van der Waals surface area (Å²) in [6.45, 7) is 0. The van der Waals surface area contributed by atoms with Crippen LogP contribution in [-0.4, -0.2) is 15.1 Å². The van der Waals surface area contributed by atoms with Crippen LogP contribution < -0.4 is 5.56 Å². The number of rotatable bonds is 3. The molecule has 0 aliphatic heterocycles. The highest BCUT2D eigenvalue weighted by Gasteiger charge is 2.10. The Hall–Kier alpha value is -1.86. The molecule has 0 unspecified atom stereocenters. The first-order valence-corrected chi connectivity index (χ1v) is 7.52. The molecule has 0 saturated carbocycles. The number of benzene rings is 1. The summed E-state index contributed by atoms with van der Waals surface area (Å²) in [6, 6.07) is 7.49. The Labute approximate surface area is 121 Å². The number of hydrogen-bond acceptors (Lipinski definition) is 5. The van der Waals surface area contributed by atoms with Crippen LogP contribution in [0.5, 0.6) is 5.75 Å². The molecule has 20 heavy (non-hydrogen) atoms. The average Bonchev–Trinajstić information content (AvgIpc) is 2.80. The Morgan fingerprint density at radius 3 is 3.05 bits per heavy atom. The van der Waals surface area contributed by atoms with Crippen LogP contribution in [0.25, 0.3) is 10.3 Å². The topological polar surface area (TPSA) is 66.0 Å². The summed E-state index contributed by atoms with van der Waals surface area (Å²) < 4.78 is 14.3. The molecule has 0 fully saturated rings. The van der Waals surface area contributed by atoms with Crippen molar-refractivity contribution in [2.75, 3.05) is 0 Å². The van der Waals surface area contributed by atoms with Crippen molar-refractivity contribution in [1.82, 2.24) is 9.97 Å². The van der Waals surface area contributed by atoms with Gasteiger partial charge in [0.2, 0.25) is 0 Å². The monoisotopic (exact) mass is 308 g/mol. The number of pyridine rings is 1. The van der Waals surface area contributed by atoms with E-state index in [-0.39, 0.29) is 17.1 Å². The molecule has 3 rings (SSSR count). The van der Waals surface area contributed by atoms with Crippen molar-refractivity contribution in [2.45, 2.75) is 10.1 Å². The first-order valence-electron chi connectivity index (χ1n) is 5.72. The largest absolute Gasteiger partial charge is 0.506 e. The molecule has 0 aliphatic carbocycles. The minimum atomic E-state index is -0.387. The number of hydrogen-bond donors (Lipinski definition) is 2. The Balaban J connectivity index is 1.85. The van der Waals surface area contributed by atoms with Crippen LogP contribution in [0.2, 0.25) is 0 Å². The summed E-state index contributed by atoms with van der Waals surface area (Å²) in [6.07, 6.45) is 0. The fourth-order valence-corrected chi connectivity index (χ4v) is 3.69. The van der Waals surface area contributed by atoms with Crippen molar-refractivity contribution in [3.05, 3.63) is 52.1 Å². The van der Waals surface area contributed by atoms with Gasteiger partial charge in [-0.1, -0.05) is 23.9 Å². The second-order valence-electron chi connectivity index (χ2n) is 4.09. The van der Waals surface area contributed by atoms with Crippen molar-refractivity contribution >= 4 is 33.4 Å². The third-order valence-electron chi connectivity index (χ3n) is 2.60. The van der Waals surface area contributed by atoms with E-state index < -0.39 is 0 Å². The number of aromatic hydroxyl groups is 1. The van der Waals surface area contributed by atoms with Gasteiger partial charge in [-0.25, -0.2) is 9.37 Å². The molecule has 0 radical (unpaired) electrons. The van der Waals surface area contributed by atoms with Crippen LogP contribution in [0.1, 0.15) is 5.56 Å². The third-order valence-corrected chi connectivity index (χ3v) is 4.89. The summed E-state index contributed by atoms with van der Waals surface area (Å²) >= 11 is 2.72. The van der Waals surface area contributed by atoms with Crippen molar-refractivity contribution in [2.24, 2.45) is 0 Å². The highest BCUT2D eigenvalue weighted by atomic mass is 32.2. The summed E-state index contributed by atoms with van der Waals surface area (Å²) in [4.78, 5) is 18.0. The molecule has 0 spiro atoms.